The van der Waals surface area contributed by atoms with Crippen molar-refractivity contribution in [3.63, 3.8) is 0 Å². The monoisotopic (exact) mass is 425 g/mol. The van der Waals surface area contributed by atoms with Crippen LogP contribution in [0.4, 0.5) is 5.69 Å². The molecule has 2 heterocycles. The number of aromatic nitrogens is 2. The smallest absolute Gasteiger partial charge is 0.227 e. The Bertz CT molecular complexity index is 1230. The highest BCUT2D eigenvalue weighted by atomic mass is 16.5. The van der Waals surface area contributed by atoms with Crippen LogP contribution < -0.4 is 9.64 Å². The number of carbonyl (C=O) groups excluding carboxylic acids is 1. The zero-order chi connectivity index (χ0) is 21.9. The van der Waals surface area contributed by atoms with Crippen LogP contribution >= 0.6 is 0 Å². The Labute approximate surface area is 188 Å². The van der Waals surface area contributed by atoms with E-state index in [0.717, 1.165) is 41.3 Å². The molecular formula is C27H27N3O2. The van der Waals surface area contributed by atoms with Gasteiger partial charge in [-0.2, -0.15) is 0 Å². The van der Waals surface area contributed by atoms with Gasteiger partial charge in [0.1, 0.15) is 11.6 Å². The van der Waals surface area contributed by atoms with Gasteiger partial charge in [-0.15, -0.1) is 0 Å². The fourth-order valence-corrected chi connectivity index (χ4v) is 4.50. The van der Waals surface area contributed by atoms with Gasteiger partial charge in [-0.05, 0) is 55.3 Å². The summed E-state index contributed by atoms with van der Waals surface area (Å²) in [5.41, 5.74) is 4.24. The molecule has 1 aromatic heterocycles. The van der Waals surface area contributed by atoms with Crippen molar-refractivity contribution in [2.24, 2.45) is 0 Å². The van der Waals surface area contributed by atoms with Gasteiger partial charge in [0.2, 0.25) is 5.91 Å². The van der Waals surface area contributed by atoms with Gasteiger partial charge < -0.3 is 14.2 Å². The lowest BCUT2D eigenvalue weighted by Gasteiger charge is -2.17. The lowest BCUT2D eigenvalue weighted by molar-refractivity contribution is -0.117. The van der Waals surface area contributed by atoms with Crippen LogP contribution in [0.25, 0.3) is 11.0 Å². The lowest BCUT2D eigenvalue weighted by atomic mass is 10.1. The highest BCUT2D eigenvalue weighted by Crippen LogP contribution is 2.33. The molecule has 0 N–H and O–H groups in total. The maximum Gasteiger partial charge on any atom is 0.227 e. The van der Waals surface area contributed by atoms with Crippen molar-refractivity contribution in [2.75, 3.05) is 18.1 Å². The fourth-order valence-electron chi connectivity index (χ4n) is 4.50. The van der Waals surface area contributed by atoms with E-state index in [9.17, 15) is 4.79 Å². The molecule has 5 rings (SSSR count). The van der Waals surface area contributed by atoms with Crippen LogP contribution in [0.15, 0.2) is 78.9 Å². The number of para-hydroxylation sites is 3. The minimum absolute atomic E-state index is 0.0767. The van der Waals surface area contributed by atoms with Crippen molar-refractivity contribution in [3.8, 4) is 5.75 Å². The number of fused-ring (bicyclic) bond motifs is 1. The summed E-state index contributed by atoms with van der Waals surface area (Å²) >= 11 is 0. The highest BCUT2D eigenvalue weighted by molar-refractivity contribution is 5.96. The van der Waals surface area contributed by atoms with E-state index in [-0.39, 0.29) is 11.8 Å². The van der Waals surface area contributed by atoms with E-state index in [4.69, 9.17) is 9.72 Å². The lowest BCUT2D eigenvalue weighted by Crippen LogP contribution is -2.24. The zero-order valence-corrected chi connectivity index (χ0v) is 18.3. The van der Waals surface area contributed by atoms with Gasteiger partial charge in [0, 0.05) is 31.1 Å². The van der Waals surface area contributed by atoms with Crippen LogP contribution in [-0.2, 0) is 11.3 Å². The molecule has 1 atom stereocenters. The van der Waals surface area contributed by atoms with Crippen molar-refractivity contribution >= 4 is 22.6 Å². The molecule has 1 amide bonds. The van der Waals surface area contributed by atoms with Gasteiger partial charge in [0.15, 0.2) is 0 Å². The molecule has 0 saturated carbocycles. The zero-order valence-electron chi connectivity index (χ0n) is 18.3. The first-order valence-corrected chi connectivity index (χ1v) is 11.2. The molecule has 1 aliphatic rings. The maximum absolute atomic E-state index is 12.8. The number of anilines is 1. The minimum Gasteiger partial charge on any atom is -0.494 e. The number of benzene rings is 3. The third kappa shape index (κ3) is 4.11. The second-order valence-corrected chi connectivity index (χ2v) is 8.37. The minimum atomic E-state index is 0.0767. The van der Waals surface area contributed by atoms with E-state index in [1.54, 1.807) is 0 Å². The van der Waals surface area contributed by atoms with E-state index in [2.05, 4.69) is 29.7 Å². The Kier molecular flexibility index (Phi) is 5.63. The predicted octanol–water partition coefficient (Wildman–Crippen LogP) is 5.33. The Morgan fingerprint density at radius 1 is 1.00 bits per heavy atom. The molecule has 3 aromatic carbocycles. The normalized spacial score (nSPS) is 16.1. The quantitative estimate of drug-likeness (QED) is 0.376. The number of hydrogen-bond donors (Lipinski definition) is 0. The summed E-state index contributed by atoms with van der Waals surface area (Å²) < 4.78 is 8.24. The molecule has 1 unspecified atom stereocenters. The number of amides is 1. The molecule has 5 heteroatoms. The van der Waals surface area contributed by atoms with Crippen LogP contribution in [0.2, 0.25) is 0 Å². The van der Waals surface area contributed by atoms with E-state index in [1.165, 1.54) is 5.56 Å². The summed E-state index contributed by atoms with van der Waals surface area (Å²) in [5, 5.41) is 0. The molecule has 1 aliphatic heterocycles. The molecule has 5 nitrogen and oxygen atoms in total. The molecule has 0 aliphatic carbocycles. The van der Waals surface area contributed by atoms with Crippen molar-refractivity contribution in [1.29, 1.82) is 0 Å². The van der Waals surface area contributed by atoms with Crippen LogP contribution in [0.5, 0.6) is 5.75 Å². The molecule has 0 bridgehead atoms. The Morgan fingerprint density at radius 3 is 2.66 bits per heavy atom. The van der Waals surface area contributed by atoms with Crippen LogP contribution in [0.3, 0.4) is 0 Å². The molecule has 1 saturated heterocycles. The maximum atomic E-state index is 12.8. The predicted molar refractivity (Wildman–Crippen MR) is 127 cm³/mol. The second kappa shape index (κ2) is 8.87. The standard InChI is InChI=1S/C27H27N3O2/c1-20-9-7-12-23(17-20)32-16-8-15-29-25-14-6-5-13-24(25)28-27(29)21-18-26(31)30(19-21)22-10-3-2-4-11-22/h2-7,9-14,17,21H,8,15-16,18-19H2,1H3. The van der Waals surface area contributed by atoms with Crippen molar-refractivity contribution in [3.05, 3.63) is 90.3 Å². The van der Waals surface area contributed by atoms with Gasteiger partial charge in [0.05, 0.1) is 17.6 Å². The molecule has 162 valence electrons. The first kappa shape index (κ1) is 20.3. The number of hydrogen-bond acceptors (Lipinski definition) is 3. The number of rotatable bonds is 7. The molecule has 1 fully saturated rings. The number of carbonyl (C=O) groups is 1. The van der Waals surface area contributed by atoms with Crippen molar-refractivity contribution in [2.45, 2.75) is 32.2 Å². The van der Waals surface area contributed by atoms with E-state index in [1.807, 2.05) is 65.6 Å². The van der Waals surface area contributed by atoms with Gasteiger partial charge >= 0.3 is 0 Å². The Balaban J connectivity index is 1.34. The number of ether oxygens (including phenoxy) is 1. The number of aryl methyl sites for hydroxylation is 2. The highest BCUT2D eigenvalue weighted by Gasteiger charge is 2.34. The SMILES string of the molecule is Cc1cccc(OCCCn2c(C3CC(=O)N(c4ccccc4)C3)nc3ccccc32)c1. The van der Waals surface area contributed by atoms with Gasteiger partial charge in [-0.1, -0.05) is 42.5 Å². The molecule has 0 radical (unpaired) electrons. The third-order valence-electron chi connectivity index (χ3n) is 6.03. The van der Waals surface area contributed by atoms with Crippen LogP contribution in [0.1, 0.15) is 30.1 Å². The average molecular weight is 426 g/mol. The summed E-state index contributed by atoms with van der Waals surface area (Å²) in [6.07, 6.45) is 1.35. The molecule has 0 spiro atoms. The van der Waals surface area contributed by atoms with Gasteiger partial charge in [-0.3, -0.25) is 4.79 Å². The number of imidazole rings is 1. The van der Waals surface area contributed by atoms with E-state index in [0.29, 0.717) is 19.6 Å². The summed E-state index contributed by atoms with van der Waals surface area (Å²) in [6, 6.07) is 26.2. The molecular weight excluding hydrogens is 398 g/mol. The third-order valence-corrected chi connectivity index (χ3v) is 6.03. The average Bonchev–Trinajstić information content (AvgIpc) is 3.38. The summed E-state index contributed by atoms with van der Waals surface area (Å²) in [5.74, 6) is 2.13. The van der Waals surface area contributed by atoms with E-state index < -0.39 is 0 Å². The first-order chi connectivity index (χ1) is 15.7. The van der Waals surface area contributed by atoms with Crippen molar-refractivity contribution < 1.29 is 9.53 Å². The van der Waals surface area contributed by atoms with Gasteiger partial charge in [-0.25, -0.2) is 4.98 Å². The van der Waals surface area contributed by atoms with Crippen molar-refractivity contribution in [1.82, 2.24) is 9.55 Å². The number of nitrogens with zero attached hydrogens (tertiary/aromatic N) is 3. The Hall–Kier alpha value is -3.60. The fraction of sp³-hybridized carbons (Fsp3) is 0.259. The van der Waals surface area contributed by atoms with Crippen LogP contribution in [0, 0.1) is 6.92 Å². The topological polar surface area (TPSA) is 47.4 Å². The van der Waals surface area contributed by atoms with E-state index >= 15 is 0 Å². The van der Waals surface area contributed by atoms with Gasteiger partial charge in [0.25, 0.3) is 0 Å². The van der Waals surface area contributed by atoms with Crippen LogP contribution in [-0.4, -0.2) is 28.6 Å². The summed E-state index contributed by atoms with van der Waals surface area (Å²) in [4.78, 5) is 19.6. The molecule has 32 heavy (non-hydrogen) atoms. The second-order valence-electron chi connectivity index (χ2n) is 8.37. The largest absolute Gasteiger partial charge is 0.494 e. The summed E-state index contributed by atoms with van der Waals surface area (Å²) in [7, 11) is 0. The Morgan fingerprint density at radius 2 is 1.81 bits per heavy atom. The summed E-state index contributed by atoms with van der Waals surface area (Å²) in [6.45, 7) is 4.16. The molecule has 4 aromatic rings. The first-order valence-electron chi connectivity index (χ1n) is 11.2.